The van der Waals surface area contributed by atoms with Crippen LogP contribution >= 0.6 is 0 Å². The molecular weight excluding hydrogens is 576 g/mol. The maximum Gasteiger partial charge on any atom is 0.408 e. The number of fused-ring (bicyclic) bond motifs is 1. The molecule has 13 nitrogen and oxygen atoms in total. The molecule has 1 saturated carbocycles. The predicted molar refractivity (Wildman–Crippen MR) is 172 cm³/mol. The van der Waals surface area contributed by atoms with E-state index >= 15 is 0 Å². The van der Waals surface area contributed by atoms with Gasteiger partial charge in [0.25, 0.3) is 5.91 Å². The van der Waals surface area contributed by atoms with Crippen LogP contribution in [0.4, 0.5) is 15.3 Å². The molecule has 2 aliphatic rings. The normalized spacial score (nSPS) is 16.4. The lowest BCUT2D eigenvalue weighted by Gasteiger charge is -2.28. The van der Waals surface area contributed by atoms with Gasteiger partial charge in [-0.15, -0.1) is 0 Å². The number of carbonyl (C=O) groups is 3. The van der Waals surface area contributed by atoms with Gasteiger partial charge >= 0.3 is 12.1 Å². The lowest BCUT2D eigenvalue weighted by Crippen LogP contribution is -2.46. The molecule has 0 radical (unpaired) electrons. The van der Waals surface area contributed by atoms with Crippen LogP contribution in [-0.2, 0) is 20.9 Å². The van der Waals surface area contributed by atoms with E-state index in [2.05, 4.69) is 25.9 Å². The van der Waals surface area contributed by atoms with Crippen molar-refractivity contribution in [2.24, 2.45) is 5.73 Å². The first-order valence-corrected chi connectivity index (χ1v) is 15.5. The molecule has 13 heteroatoms. The number of nitrogens with two attached hydrogens (primary N) is 1. The average molecular weight is 623 g/mol. The third-order valence-corrected chi connectivity index (χ3v) is 7.50. The minimum atomic E-state index is -0.589. The number of anilines is 1. The molecule has 1 aliphatic carbocycles. The highest BCUT2D eigenvalue weighted by molar-refractivity contribution is 5.99. The fraction of sp³-hybridized carbons (Fsp3) is 0.531. The van der Waals surface area contributed by atoms with E-state index in [0.29, 0.717) is 30.8 Å². The van der Waals surface area contributed by atoms with E-state index in [0.717, 1.165) is 41.6 Å². The van der Waals surface area contributed by atoms with Crippen molar-refractivity contribution in [2.45, 2.75) is 84.2 Å². The highest BCUT2D eigenvalue weighted by Gasteiger charge is 2.27. The number of aromatic nitrogens is 2. The van der Waals surface area contributed by atoms with Gasteiger partial charge in [-0.05, 0) is 69.7 Å². The minimum Gasteiger partial charge on any atom is -0.444 e. The summed E-state index contributed by atoms with van der Waals surface area (Å²) < 4.78 is 5.25. The monoisotopic (exact) mass is 622 g/mol. The van der Waals surface area contributed by atoms with Crippen molar-refractivity contribution in [3.8, 4) is 11.1 Å². The first-order chi connectivity index (χ1) is 21.4. The minimum absolute atomic E-state index is 0.142. The van der Waals surface area contributed by atoms with Gasteiger partial charge in [0, 0.05) is 61.8 Å². The number of carbonyl (C=O) groups excluding carboxylic acids is 3. The van der Waals surface area contributed by atoms with E-state index in [9.17, 15) is 14.4 Å². The van der Waals surface area contributed by atoms with Gasteiger partial charge in [0.2, 0.25) is 0 Å². The van der Waals surface area contributed by atoms with Crippen LogP contribution in [0.25, 0.3) is 17.2 Å². The maximum absolute atomic E-state index is 13.6. The molecular formula is C32H46N8O5. The van der Waals surface area contributed by atoms with Crippen molar-refractivity contribution < 1.29 is 24.0 Å². The van der Waals surface area contributed by atoms with Gasteiger partial charge in [-0.1, -0.05) is 19.1 Å². The zero-order valence-electron chi connectivity index (χ0n) is 26.9. The van der Waals surface area contributed by atoms with Gasteiger partial charge in [-0.2, -0.15) is 0 Å². The highest BCUT2D eigenvalue weighted by Crippen LogP contribution is 2.33. The van der Waals surface area contributed by atoms with Crippen molar-refractivity contribution in [1.29, 1.82) is 0 Å². The Balaban J connectivity index is 1.41. The van der Waals surface area contributed by atoms with Crippen LogP contribution in [-0.4, -0.2) is 77.6 Å². The number of hydrogen-bond donors (Lipinski definition) is 4. The summed E-state index contributed by atoms with van der Waals surface area (Å²) in [5, 5.41) is 9.73. The summed E-state index contributed by atoms with van der Waals surface area (Å²) in [5.41, 5.74) is 9.90. The molecule has 2 heterocycles. The zero-order chi connectivity index (χ0) is 32.6. The average Bonchev–Trinajstić information content (AvgIpc) is 3.10. The number of nitrogens with one attached hydrogen (secondary N) is 3. The molecule has 2 aromatic rings. The van der Waals surface area contributed by atoms with E-state index in [1.165, 1.54) is 5.06 Å². The standard InChI is InChI=1S/C32H46N8O5/c1-6-13-40(44-14-12-34-30(42)38-25-8-7-9-25)29(41)23-15-22-11-10-21(16-26(22)39(5)27(33)17-23)24-18-35-28(36-19-24)20-37-31(43)45-32(2,3)4/h10-11,15-16,18-19,25,27H,6-9,12-14,17,20,33H2,1-5H3,(H,37,43)(H2,34,38,42). The Morgan fingerprint density at radius 3 is 2.49 bits per heavy atom. The molecule has 5 N–H and O–H groups in total. The summed E-state index contributed by atoms with van der Waals surface area (Å²) in [5.74, 6) is 0.205. The molecule has 45 heavy (non-hydrogen) atoms. The van der Waals surface area contributed by atoms with Crippen LogP contribution in [0, 0.1) is 0 Å². The summed E-state index contributed by atoms with van der Waals surface area (Å²) in [6.45, 7) is 8.37. The smallest absolute Gasteiger partial charge is 0.408 e. The molecule has 0 spiro atoms. The third kappa shape index (κ3) is 9.63. The Hall–Kier alpha value is -4.23. The second-order valence-corrected chi connectivity index (χ2v) is 12.3. The van der Waals surface area contributed by atoms with E-state index in [1.54, 1.807) is 33.2 Å². The number of ether oxygens (including phenoxy) is 1. The van der Waals surface area contributed by atoms with Crippen molar-refractivity contribution >= 4 is 29.8 Å². The van der Waals surface area contributed by atoms with Gasteiger partial charge in [-0.3, -0.25) is 9.63 Å². The van der Waals surface area contributed by atoms with E-state index in [-0.39, 0.29) is 37.7 Å². The fourth-order valence-corrected chi connectivity index (χ4v) is 4.85. The van der Waals surface area contributed by atoms with Gasteiger partial charge in [-0.25, -0.2) is 24.6 Å². The number of benzene rings is 1. The molecule has 0 saturated heterocycles. The Kier molecular flexibility index (Phi) is 11.3. The first kappa shape index (κ1) is 33.7. The molecule has 1 atom stereocenters. The van der Waals surface area contributed by atoms with Crippen molar-refractivity contribution in [3.05, 3.63) is 47.6 Å². The third-order valence-electron chi connectivity index (χ3n) is 7.50. The van der Waals surface area contributed by atoms with Gasteiger partial charge in [0.15, 0.2) is 0 Å². The van der Waals surface area contributed by atoms with E-state index in [4.69, 9.17) is 15.3 Å². The quantitative estimate of drug-likeness (QED) is 0.216. The summed E-state index contributed by atoms with van der Waals surface area (Å²) in [6, 6.07) is 5.92. The van der Waals surface area contributed by atoms with E-state index < -0.39 is 17.9 Å². The van der Waals surface area contributed by atoms with Gasteiger partial charge in [0.05, 0.1) is 19.3 Å². The van der Waals surface area contributed by atoms with Crippen LogP contribution in [0.15, 0.2) is 36.2 Å². The molecule has 1 fully saturated rings. The number of hydrogen-bond acceptors (Lipinski definition) is 9. The number of rotatable bonds is 11. The Morgan fingerprint density at radius 2 is 1.84 bits per heavy atom. The highest BCUT2D eigenvalue weighted by atomic mass is 16.7. The van der Waals surface area contributed by atoms with Gasteiger partial charge in [0.1, 0.15) is 11.4 Å². The predicted octanol–water partition coefficient (Wildman–Crippen LogP) is 3.70. The first-order valence-electron chi connectivity index (χ1n) is 15.5. The number of urea groups is 1. The topological polar surface area (TPSA) is 164 Å². The molecule has 1 aromatic carbocycles. The maximum atomic E-state index is 13.6. The molecule has 4 amide bonds. The van der Waals surface area contributed by atoms with Crippen molar-refractivity contribution in [2.75, 3.05) is 31.6 Å². The number of alkyl carbamates (subject to hydrolysis) is 1. The number of hydroxylamine groups is 2. The molecule has 1 aliphatic heterocycles. The molecule has 244 valence electrons. The second kappa shape index (κ2) is 15.2. The zero-order valence-corrected chi connectivity index (χ0v) is 26.9. The summed E-state index contributed by atoms with van der Waals surface area (Å²) in [7, 11) is 1.90. The fourth-order valence-electron chi connectivity index (χ4n) is 4.85. The summed E-state index contributed by atoms with van der Waals surface area (Å²) in [4.78, 5) is 54.2. The number of amides is 4. The lowest BCUT2D eigenvalue weighted by molar-refractivity contribution is -0.181. The van der Waals surface area contributed by atoms with E-state index in [1.807, 2.05) is 43.1 Å². The molecule has 1 unspecified atom stereocenters. The number of nitrogens with zero attached hydrogens (tertiary/aromatic N) is 4. The Bertz CT molecular complexity index is 1370. The summed E-state index contributed by atoms with van der Waals surface area (Å²) in [6.07, 6.45) is 8.49. The molecule has 4 rings (SSSR count). The molecule has 0 bridgehead atoms. The van der Waals surface area contributed by atoms with Crippen LogP contribution < -0.4 is 26.6 Å². The Labute approximate surface area is 264 Å². The largest absolute Gasteiger partial charge is 0.444 e. The second-order valence-electron chi connectivity index (χ2n) is 12.3. The Morgan fingerprint density at radius 1 is 1.11 bits per heavy atom. The van der Waals surface area contributed by atoms with Crippen LogP contribution in [0.3, 0.4) is 0 Å². The van der Waals surface area contributed by atoms with Crippen molar-refractivity contribution in [3.63, 3.8) is 0 Å². The SMILES string of the molecule is CCCN(OCCNC(=O)NC1CCC1)C(=O)C1=Cc2ccc(-c3cnc(CNC(=O)OC(C)(C)C)nc3)cc2N(C)C(N)C1. The van der Waals surface area contributed by atoms with Crippen LogP contribution in [0.2, 0.25) is 0 Å². The van der Waals surface area contributed by atoms with Crippen molar-refractivity contribution in [1.82, 2.24) is 31.0 Å². The van der Waals surface area contributed by atoms with Gasteiger partial charge < -0.3 is 31.3 Å². The lowest BCUT2D eigenvalue weighted by atomic mass is 9.93. The summed E-state index contributed by atoms with van der Waals surface area (Å²) >= 11 is 0. The van der Waals surface area contributed by atoms with Crippen LogP contribution in [0.1, 0.15) is 71.2 Å². The molecule has 1 aromatic heterocycles. The van der Waals surface area contributed by atoms with Crippen LogP contribution in [0.5, 0.6) is 0 Å².